The third kappa shape index (κ3) is 4.91. The molecule has 0 spiro atoms. The molecule has 3 rings (SSSR count). The number of nitro groups is 1. The molecule has 0 aliphatic carbocycles. The van der Waals surface area contributed by atoms with Crippen LogP contribution in [0.2, 0.25) is 0 Å². The molecule has 2 aromatic carbocycles. The van der Waals surface area contributed by atoms with Gasteiger partial charge in [0, 0.05) is 6.07 Å². The zero-order valence-corrected chi connectivity index (χ0v) is 15.0. The maximum absolute atomic E-state index is 12.7. The fourth-order valence-corrected chi connectivity index (χ4v) is 2.77. The van der Waals surface area contributed by atoms with Gasteiger partial charge in [-0.05, 0) is 17.2 Å². The minimum absolute atomic E-state index is 0.0782. The molecule has 0 aliphatic rings. The van der Waals surface area contributed by atoms with Crippen molar-refractivity contribution >= 4 is 17.5 Å². The molecule has 0 atom stereocenters. The number of hydrogen-bond donors (Lipinski definition) is 1. The van der Waals surface area contributed by atoms with Gasteiger partial charge in [-0.3, -0.25) is 14.9 Å². The number of nitrogens with zero attached hydrogens (tertiary/aromatic N) is 2. The maximum Gasteiger partial charge on any atom is 0.317 e. The zero-order chi connectivity index (χ0) is 19.8. The fraction of sp³-hybridized carbons (Fsp3) is 0.143. The quantitative estimate of drug-likeness (QED) is 0.278. The minimum Gasteiger partial charge on any atom is -0.463 e. The Balaban J connectivity index is 1.59. The second-order valence-corrected chi connectivity index (χ2v) is 6.01. The molecule has 7 heteroatoms. The van der Waals surface area contributed by atoms with Gasteiger partial charge in [-0.25, -0.2) is 4.98 Å². The number of anilines is 1. The van der Waals surface area contributed by atoms with E-state index in [2.05, 4.69) is 10.3 Å². The van der Waals surface area contributed by atoms with E-state index >= 15 is 0 Å². The highest BCUT2D eigenvalue weighted by atomic mass is 16.6. The van der Waals surface area contributed by atoms with E-state index in [4.69, 9.17) is 4.74 Å². The summed E-state index contributed by atoms with van der Waals surface area (Å²) in [5.41, 5.74) is 1.65. The number of hydrogen-bond acceptors (Lipinski definition) is 6. The standard InChI is InChI=1S/C21H19N3O4/c25-21(28-14-13-22-19-12-11-18(15-23-19)24(26)27)20(16-7-3-1-4-8-16)17-9-5-2-6-10-17/h1-12,15,20H,13-14H2,(H,22,23). The third-order valence-corrected chi connectivity index (χ3v) is 4.11. The maximum atomic E-state index is 12.7. The summed E-state index contributed by atoms with van der Waals surface area (Å²) in [4.78, 5) is 26.8. The number of esters is 1. The van der Waals surface area contributed by atoms with Crippen LogP contribution in [0, 0.1) is 10.1 Å². The van der Waals surface area contributed by atoms with Crippen molar-refractivity contribution in [3.05, 3.63) is 100 Å². The lowest BCUT2D eigenvalue weighted by Gasteiger charge is -2.17. The van der Waals surface area contributed by atoms with Crippen molar-refractivity contribution in [2.24, 2.45) is 0 Å². The third-order valence-electron chi connectivity index (χ3n) is 4.11. The van der Waals surface area contributed by atoms with E-state index in [1.54, 1.807) is 0 Å². The lowest BCUT2D eigenvalue weighted by molar-refractivity contribution is -0.385. The van der Waals surface area contributed by atoms with Crippen molar-refractivity contribution in [1.82, 2.24) is 4.98 Å². The largest absolute Gasteiger partial charge is 0.463 e. The normalized spacial score (nSPS) is 10.5. The SMILES string of the molecule is O=C(OCCNc1ccc([N+](=O)[O-])cn1)C(c1ccccc1)c1ccccc1. The Hall–Kier alpha value is -3.74. The molecule has 0 saturated carbocycles. The zero-order valence-electron chi connectivity index (χ0n) is 15.0. The molecule has 1 heterocycles. The summed E-state index contributed by atoms with van der Waals surface area (Å²) in [6.07, 6.45) is 1.18. The smallest absolute Gasteiger partial charge is 0.317 e. The lowest BCUT2D eigenvalue weighted by Crippen LogP contribution is -2.21. The molecule has 0 bridgehead atoms. The number of ether oxygens (including phenoxy) is 1. The van der Waals surface area contributed by atoms with E-state index in [0.717, 1.165) is 11.1 Å². The van der Waals surface area contributed by atoms with Gasteiger partial charge in [0.15, 0.2) is 0 Å². The van der Waals surface area contributed by atoms with E-state index in [1.807, 2.05) is 60.7 Å². The molecule has 1 N–H and O–H groups in total. The van der Waals surface area contributed by atoms with Gasteiger partial charge in [-0.2, -0.15) is 0 Å². The summed E-state index contributed by atoms with van der Waals surface area (Å²) in [7, 11) is 0. The molecule has 0 amide bonds. The molecule has 7 nitrogen and oxygen atoms in total. The summed E-state index contributed by atoms with van der Waals surface area (Å²) >= 11 is 0. The Morgan fingerprint density at radius 1 is 1.00 bits per heavy atom. The highest BCUT2D eigenvalue weighted by molar-refractivity contribution is 5.82. The number of nitrogens with one attached hydrogen (secondary N) is 1. The van der Waals surface area contributed by atoms with Crippen LogP contribution in [0.1, 0.15) is 17.0 Å². The Morgan fingerprint density at radius 3 is 2.11 bits per heavy atom. The van der Waals surface area contributed by atoms with Crippen molar-refractivity contribution in [3.8, 4) is 0 Å². The van der Waals surface area contributed by atoms with Crippen LogP contribution in [-0.2, 0) is 9.53 Å². The Labute approximate surface area is 162 Å². The van der Waals surface area contributed by atoms with Crippen LogP contribution in [0.4, 0.5) is 11.5 Å². The summed E-state index contributed by atoms with van der Waals surface area (Å²) < 4.78 is 5.46. The predicted molar refractivity (Wildman–Crippen MR) is 105 cm³/mol. The molecule has 142 valence electrons. The topological polar surface area (TPSA) is 94.4 Å². The van der Waals surface area contributed by atoms with Crippen LogP contribution in [0.15, 0.2) is 79.0 Å². The first kappa shape index (κ1) is 19.0. The number of pyridine rings is 1. The van der Waals surface area contributed by atoms with Crippen molar-refractivity contribution in [2.45, 2.75) is 5.92 Å². The van der Waals surface area contributed by atoms with Gasteiger partial charge in [0.1, 0.15) is 24.5 Å². The molecule has 0 aliphatic heterocycles. The van der Waals surface area contributed by atoms with E-state index in [-0.39, 0.29) is 18.3 Å². The number of carbonyl (C=O) groups excluding carboxylic acids is 1. The summed E-state index contributed by atoms with van der Waals surface area (Å²) in [6, 6.07) is 21.8. The monoisotopic (exact) mass is 377 g/mol. The van der Waals surface area contributed by atoms with Crippen LogP contribution in [0.5, 0.6) is 0 Å². The second kappa shape index (κ2) is 9.27. The van der Waals surface area contributed by atoms with Crippen LogP contribution in [0.25, 0.3) is 0 Å². The molecule has 0 unspecified atom stereocenters. The fourth-order valence-electron chi connectivity index (χ4n) is 2.77. The average molecular weight is 377 g/mol. The first-order valence-corrected chi connectivity index (χ1v) is 8.76. The predicted octanol–water partition coefficient (Wildman–Crippen LogP) is 3.78. The van der Waals surface area contributed by atoms with E-state index in [0.29, 0.717) is 12.4 Å². The van der Waals surface area contributed by atoms with Crippen molar-refractivity contribution < 1.29 is 14.5 Å². The number of benzene rings is 2. The minimum atomic E-state index is -0.508. The van der Waals surface area contributed by atoms with Gasteiger partial charge < -0.3 is 10.1 Å². The van der Waals surface area contributed by atoms with Crippen LogP contribution < -0.4 is 5.32 Å². The Morgan fingerprint density at radius 2 is 1.61 bits per heavy atom. The Bertz CT molecular complexity index is 876. The number of carbonyl (C=O) groups is 1. The van der Waals surface area contributed by atoms with Crippen LogP contribution in [-0.4, -0.2) is 29.0 Å². The number of rotatable bonds is 8. The first-order chi connectivity index (χ1) is 13.6. The van der Waals surface area contributed by atoms with Gasteiger partial charge in [-0.15, -0.1) is 0 Å². The molecule has 3 aromatic rings. The molecular weight excluding hydrogens is 358 g/mol. The molecule has 1 aromatic heterocycles. The van der Waals surface area contributed by atoms with Crippen molar-refractivity contribution in [3.63, 3.8) is 0 Å². The highest BCUT2D eigenvalue weighted by Gasteiger charge is 2.23. The van der Waals surface area contributed by atoms with Gasteiger partial charge >= 0.3 is 5.97 Å². The summed E-state index contributed by atoms with van der Waals surface area (Å²) in [5.74, 6) is -0.361. The summed E-state index contributed by atoms with van der Waals surface area (Å²) in [6.45, 7) is 0.487. The lowest BCUT2D eigenvalue weighted by atomic mass is 9.91. The molecule has 0 saturated heterocycles. The van der Waals surface area contributed by atoms with E-state index in [9.17, 15) is 14.9 Å². The Kier molecular flexibility index (Phi) is 6.30. The number of aromatic nitrogens is 1. The van der Waals surface area contributed by atoms with Crippen molar-refractivity contribution in [1.29, 1.82) is 0 Å². The second-order valence-electron chi connectivity index (χ2n) is 6.01. The van der Waals surface area contributed by atoms with Crippen LogP contribution >= 0.6 is 0 Å². The van der Waals surface area contributed by atoms with E-state index < -0.39 is 10.8 Å². The van der Waals surface area contributed by atoms with Crippen molar-refractivity contribution in [2.75, 3.05) is 18.5 Å². The molecule has 28 heavy (non-hydrogen) atoms. The first-order valence-electron chi connectivity index (χ1n) is 8.76. The van der Waals surface area contributed by atoms with E-state index in [1.165, 1.54) is 18.3 Å². The van der Waals surface area contributed by atoms with Crippen LogP contribution in [0.3, 0.4) is 0 Å². The molecule has 0 fully saturated rings. The molecular formula is C21H19N3O4. The average Bonchev–Trinajstić information content (AvgIpc) is 2.73. The van der Waals surface area contributed by atoms with Gasteiger partial charge in [0.2, 0.25) is 0 Å². The van der Waals surface area contributed by atoms with Gasteiger partial charge in [-0.1, -0.05) is 60.7 Å². The summed E-state index contributed by atoms with van der Waals surface area (Å²) in [5, 5.41) is 13.6. The molecule has 0 radical (unpaired) electrons. The highest BCUT2D eigenvalue weighted by Crippen LogP contribution is 2.25. The van der Waals surface area contributed by atoms with Gasteiger partial charge in [0.25, 0.3) is 5.69 Å². The van der Waals surface area contributed by atoms with Gasteiger partial charge in [0.05, 0.1) is 11.5 Å².